The summed E-state index contributed by atoms with van der Waals surface area (Å²) in [6, 6.07) is 16.3. The van der Waals surface area contributed by atoms with Crippen molar-refractivity contribution in [3.63, 3.8) is 0 Å². The summed E-state index contributed by atoms with van der Waals surface area (Å²) in [5, 5.41) is 0. The van der Waals surface area contributed by atoms with Crippen LogP contribution in [0.25, 0.3) is 22.1 Å². The van der Waals surface area contributed by atoms with Crippen LogP contribution in [0.5, 0.6) is 0 Å². The number of benzene rings is 2. The van der Waals surface area contributed by atoms with Gasteiger partial charge in [-0.25, -0.2) is 15.0 Å². The van der Waals surface area contributed by atoms with Gasteiger partial charge in [0.15, 0.2) is 5.82 Å². The van der Waals surface area contributed by atoms with E-state index < -0.39 is 0 Å². The molecule has 26 heavy (non-hydrogen) atoms. The molecule has 0 spiro atoms. The van der Waals surface area contributed by atoms with Gasteiger partial charge in [0, 0.05) is 13.6 Å². The van der Waals surface area contributed by atoms with Crippen molar-refractivity contribution >= 4 is 34.2 Å². The number of rotatable bonds is 6. The summed E-state index contributed by atoms with van der Waals surface area (Å²) in [6.45, 7) is 3.15. The molecule has 2 aromatic heterocycles. The fraction of sp³-hybridized carbons (Fsp3) is 0.286. The summed E-state index contributed by atoms with van der Waals surface area (Å²) in [4.78, 5) is 14.1. The molecule has 0 saturated heterocycles. The summed E-state index contributed by atoms with van der Waals surface area (Å²) in [7, 11) is 2.01. The number of hydrogen-bond acceptors (Lipinski definition) is 3. The lowest BCUT2D eigenvalue weighted by Gasteiger charge is -2.05. The van der Waals surface area contributed by atoms with Crippen LogP contribution in [0.1, 0.15) is 32.0 Å². The van der Waals surface area contributed by atoms with Crippen molar-refractivity contribution in [3.05, 3.63) is 54.4 Å². The fourth-order valence-corrected chi connectivity index (χ4v) is 3.30. The van der Waals surface area contributed by atoms with Gasteiger partial charge in [0.1, 0.15) is 0 Å². The Balaban J connectivity index is 1.72. The Morgan fingerprint density at radius 1 is 0.923 bits per heavy atom. The van der Waals surface area contributed by atoms with Crippen LogP contribution >= 0.6 is 0 Å². The summed E-state index contributed by atoms with van der Waals surface area (Å²) in [5.41, 5.74) is 4.21. The van der Waals surface area contributed by atoms with E-state index >= 15 is 0 Å². The van der Waals surface area contributed by atoms with Gasteiger partial charge in [-0.05, 0) is 30.7 Å². The van der Waals surface area contributed by atoms with Crippen LogP contribution in [0.15, 0.2) is 53.5 Å². The lowest BCUT2D eigenvalue weighted by Crippen LogP contribution is -1.99. The van der Waals surface area contributed by atoms with Crippen molar-refractivity contribution < 1.29 is 0 Å². The predicted octanol–water partition coefficient (Wildman–Crippen LogP) is 4.86. The van der Waals surface area contributed by atoms with E-state index in [0.717, 1.165) is 46.8 Å². The molecule has 0 aliphatic heterocycles. The molecule has 5 nitrogen and oxygen atoms in total. The summed E-state index contributed by atoms with van der Waals surface area (Å²) < 4.78 is 4.27. The Labute approximate surface area is 153 Å². The number of para-hydroxylation sites is 4. The lowest BCUT2D eigenvalue weighted by molar-refractivity contribution is 0.616. The molecule has 132 valence electrons. The zero-order valence-corrected chi connectivity index (χ0v) is 15.3. The first-order chi connectivity index (χ1) is 12.8. The number of imidazole rings is 2. The molecule has 0 amide bonds. The molecule has 4 aromatic rings. The zero-order valence-electron chi connectivity index (χ0n) is 15.3. The van der Waals surface area contributed by atoms with Crippen LogP contribution in [0.4, 0.5) is 5.95 Å². The van der Waals surface area contributed by atoms with Gasteiger partial charge in [-0.3, -0.25) is 0 Å². The fourth-order valence-electron chi connectivity index (χ4n) is 3.30. The van der Waals surface area contributed by atoms with Gasteiger partial charge in [0.05, 0.1) is 28.3 Å². The third-order valence-corrected chi connectivity index (χ3v) is 4.74. The molecule has 4 rings (SSSR count). The van der Waals surface area contributed by atoms with E-state index in [1.807, 2.05) is 43.6 Å². The van der Waals surface area contributed by atoms with Gasteiger partial charge in [0.25, 0.3) is 0 Å². The standard InChI is InChI=1S/C21H23N5/c1-3-4-9-14-26-19-13-8-6-11-17(19)24-21(26)22-15-20-23-16-10-5-7-12-18(16)25(20)2/h5-8,10-13,15H,3-4,9,14H2,1-2H3/b22-15+. The highest BCUT2D eigenvalue weighted by atomic mass is 15.2. The number of unbranched alkanes of at least 4 members (excludes halogenated alkanes) is 2. The average molecular weight is 345 g/mol. The minimum absolute atomic E-state index is 0.745. The van der Waals surface area contributed by atoms with Crippen molar-refractivity contribution in [1.82, 2.24) is 19.1 Å². The number of nitrogens with zero attached hydrogens (tertiary/aromatic N) is 5. The molecule has 2 heterocycles. The average Bonchev–Trinajstić information content (AvgIpc) is 3.18. The second kappa shape index (κ2) is 7.12. The Kier molecular flexibility index (Phi) is 4.52. The highest BCUT2D eigenvalue weighted by Crippen LogP contribution is 2.23. The maximum atomic E-state index is 4.72. The zero-order chi connectivity index (χ0) is 17.9. The largest absolute Gasteiger partial charge is 0.326 e. The number of aryl methyl sites for hydroxylation is 2. The van der Waals surface area contributed by atoms with E-state index in [0.29, 0.717) is 0 Å². The SMILES string of the molecule is CCCCCn1c(/N=C/c2nc3ccccc3n2C)nc2ccccc21. The highest BCUT2D eigenvalue weighted by Gasteiger charge is 2.10. The van der Waals surface area contributed by atoms with Gasteiger partial charge < -0.3 is 9.13 Å². The Hall–Kier alpha value is -2.95. The number of hydrogen-bond donors (Lipinski definition) is 0. The van der Waals surface area contributed by atoms with Gasteiger partial charge in [0.2, 0.25) is 5.95 Å². The van der Waals surface area contributed by atoms with E-state index in [1.165, 1.54) is 12.8 Å². The Morgan fingerprint density at radius 3 is 2.35 bits per heavy atom. The quantitative estimate of drug-likeness (QED) is 0.370. The van der Waals surface area contributed by atoms with Crippen molar-refractivity contribution in [2.45, 2.75) is 32.7 Å². The second-order valence-corrected chi connectivity index (χ2v) is 6.54. The van der Waals surface area contributed by atoms with Crippen LogP contribution in [0, 0.1) is 0 Å². The maximum absolute atomic E-state index is 4.72. The van der Waals surface area contributed by atoms with Gasteiger partial charge in [-0.15, -0.1) is 0 Å². The van der Waals surface area contributed by atoms with E-state index in [-0.39, 0.29) is 0 Å². The first kappa shape index (κ1) is 16.5. The molecule has 0 aliphatic rings. The molecule has 0 bridgehead atoms. The van der Waals surface area contributed by atoms with Gasteiger partial charge in [-0.2, -0.15) is 0 Å². The molecular weight excluding hydrogens is 322 g/mol. The van der Waals surface area contributed by atoms with E-state index in [9.17, 15) is 0 Å². The molecule has 2 aromatic carbocycles. The molecule has 0 unspecified atom stereocenters. The first-order valence-electron chi connectivity index (χ1n) is 9.18. The van der Waals surface area contributed by atoms with Crippen molar-refractivity contribution in [1.29, 1.82) is 0 Å². The van der Waals surface area contributed by atoms with Crippen LogP contribution in [0.2, 0.25) is 0 Å². The van der Waals surface area contributed by atoms with Gasteiger partial charge >= 0.3 is 0 Å². The van der Waals surface area contributed by atoms with Gasteiger partial charge in [-0.1, -0.05) is 44.0 Å². The molecule has 0 saturated carbocycles. The monoisotopic (exact) mass is 345 g/mol. The first-order valence-corrected chi connectivity index (χ1v) is 9.18. The molecule has 0 aliphatic carbocycles. The smallest absolute Gasteiger partial charge is 0.230 e. The van der Waals surface area contributed by atoms with Crippen LogP contribution in [0.3, 0.4) is 0 Å². The number of aromatic nitrogens is 4. The molecule has 0 radical (unpaired) electrons. The minimum atomic E-state index is 0.745. The molecule has 0 N–H and O–H groups in total. The number of aliphatic imine (C=N–C) groups is 1. The predicted molar refractivity (Wildman–Crippen MR) is 107 cm³/mol. The molecule has 0 fully saturated rings. The summed E-state index contributed by atoms with van der Waals surface area (Å²) >= 11 is 0. The topological polar surface area (TPSA) is 48.0 Å². The van der Waals surface area contributed by atoms with Crippen LogP contribution < -0.4 is 0 Å². The Bertz CT molecular complexity index is 1070. The summed E-state index contributed by atoms with van der Waals surface area (Å²) in [6.07, 6.45) is 5.36. The second-order valence-electron chi connectivity index (χ2n) is 6.54. The molecular formula is C21H23N5. The lowest BCUT2D eigenvalue weighted by atomic mass is 10.2. The van der Waals surface area contributed by atoms with Crippen molar-refractivity contribution in [2.75, 3.05) is 0 Å². The van der Waals surface area contributed by atoms with E-state index in [1.54, 1.807) is 0 Å². The minimum Gasteiger partial charge on any atom is -0.326 e. The third-order valence-electron chi connectivity index (χ3n) is 4.74. The summed E-state index contributed by atoms with van der Waals surface area (Å²) in [5.74, 6) is 1.58. The van der Waals surface area contributed by atoms with Crippen molar-refractivity contribution in [3.8, 4) is 0 Å². The van der Waals surface area contributed by atoms with Crippen LogP contribution in [-0.4, -0.2) is 25.3 Å². The Morgan fingerprint density at radius 2 is 1.62 bits per heavy atom. The molecule has 0 atom stereocenters. The van der Waals surface area contributed by atoms with Crippen LogP contribution in [-0.2, 0) is 13.6 Å². The van der Waals surface area contributed by atoms with Crippen molar-refractivity contribution in [2.24, 2.45) is 12.0 Å². The number of fused-ring (bicyclic) bond motifs is 2. The highest BCUT2D eigenvalue weighted by molar-refractivity contribution is 5.86. The normalized spacial score (nSPS) is 11.9. The third kappa shape index (κ3) is 3.01. The van der Waals surface area contributed by atoms with E-state index in [2.05, 4.69) is 39.2 Å². The van der Waals surface area contributed by atoms with E-state index in [4.69, 9.17) is 9.98 Å². The molecule has 5 heteroatoms. The maximum Gasteiger partial charge on any atom is 0.230 e.